The zero-order chi connectivity index (χ0) is 8.60. The van der Waals surface area contributed by atoms with Crippen molar-refractivity contribution in [3.05, 3.63) is 12.2 Å². The van der Waals surface area contributed by atoms with Gasteiger partial charge < -0.3 is 0 Å². The molecule has 2 atom stereocenters. The molecule has 0 heterocycles. The van der Waals surface area contributed by atoms with E-state index in [4.69, 9.17) is 0 Å². The van der Waals surface area contributed by atoms with Crippen LogP contribution in [0.15, 0.2) is 12.2 Å². The minimum Gasteiger partial charge on any atom is -0.299 e. The van der Waals surface area contributed by atoms with E-state index < -0.39 is 0 Å². The van der Waals surface area contributed by atoms with E-state index in [2.05, 4.69) is 19.1 Å². The van der Waals surface area contributed by atoms with Crippen molar-refractivity contribution in [3.63, 3.8) is 0 Å². The van der Waals surface area contributed by atoms with Crippen LogP contribution in [0.25, 0.3) is 0 Å². The van der Waals surface area contributed by atoms with Gasteiger partial charge in [0.15, 0.2) is 0 Å². The fourth-order valence-corrected chi connectivity index (χ4v) is 2.68. The largest absolute Gasteiger partial charge is 0.299 e. The molecule has 0 aliphatic heterocycles. The van der Waals surface area contributed by atoms with Gasteiger partial charge in [-0.1, -0.05) is 19.1 Å². The van der Waals surface area contributed by atoms with Crippen LogP contribution in [0.4, 0.5) is 0 Å². The first-order chi connectivity index (χ1) is 5.76. The van der Waals surface area contributed by atoms with Crippen molar-refractivity contribution in [1.82, 2.24) is 0 Å². The van der Waals surface area contributed by atoms with Crippen molar-refractivity contribution < 1.29 is 4.79 Å². The number of allylic oxidation sites excluding steroid dienone is 2. The molecule has 0 aromatic rings. The zero-order valence-electron chi connectivity index (χ0n) is 7.68. The summed E-state index contributed by atoms with van der Waals surface area (Å²) in [7, 11) is 0. The van der Waals surface area contributed by atoms with E-state index in [1.807, 2.05) is 0 Å². The normalized spacial score (nSPS) is 41.1. The molecule has 0 unspecified atom stereocenters. The van der Waals surface area contributed by atoms with Gasteiger partial charge in [-0.25, -0.2) is 0 Å². The molecule has 2 rings (SSSR count). The van der Waals surface area contributed by atoms with Crippen LogP contribution < -0.4 is 0 Å². The molecule has 1 nitrogen and oxygen atoms in total. The van der Waals surface area contributed by atoms with Crippen molar-refractivity contribution in [1.29, 1.82) is 0 Å². The topological polar surface area (TPSA) is 17.1 Å². The molecule has 0 saturated heterocycles. The highest BCUT2D eigenvalue weighted by atomic mass is 16.1. The molecule has 2 aliphatic rings. The lowest BCUT2D eigenvalue weighted by Crippen LogP contribution is -2.37. The summed E-state index contributed by atoms with van der Waals surface area (Å²) < 4.78 is 0. The summed E-state index contributed by atoms with van der Waals surface area (Å²) in [5, 5.41) is 0. The Morgan fingerprint density at radius 1 is 1.58 bits per heavy atom. The van der Waals surface area contributed by atoms with E-state index in [1.54, 1.807) is 0 Å². The molecule has 0 amide bonds. The maximum Gasteiger partial charge on any atom is 0.143 e. The van der Waals surface area contributed by atoms with Crippen molar-refractivity contribution in [2.75, 3.05) is 0 Å². The minimum atomic E-state index is -0.0295. The summed E-state index contributed by atoms with van der Waals surface area (Å²) in [6.07, 6.45) is 9.70. The van der Waals surface area contributed by atoms with Crippen molar-refractivity contribution in [2.24, 2.45) is 11.3 Å². The number of hydrogen-bond acceptors (Lipinski definition) is 1. The lowest BCUT2D eigenvalue weighted by atomic mass is 9.66. The maximum absolute atomic E-state index is 11.8. The second-order valence-electron chi connectivity index (χ2n) is 4.20. The Bertz CT molecular complexity index is 229. The standard InChI is InChI=1S/C11H16O/c1-9-5-4-6-10(12)11(9)7-2-3-8-11/h2,7,9H,3-6,8H2,1H3/t9-,11-/m1/s1. The third-order valence-corrected chi connectivity index (χ3v) is 3.58. The Kier molecular flexibility index (Phi) is 1.82. The second-order valence-corrected chi connectivity index (χ2v) is 4.20. The highest BCUT2D eigenvalue weighted by Gasteiger charge is 2.43. The molecule has 0 radical (unpaired) electrons. The van der Waals surface area contributed by atoms with E-state index in [0.717, 1.165) is 25.7 Å². The monoisotopic (exact) mass is 164 g/mol. The molecule has 12 heavy (non-hydrogen) atoms. The third kappa shape index (κ3) is 0.954. The zero-order valence-corrected chi connectivity index (χ0v) is 7.68. The number of carbonyl (C=O) groups is 1. The van der Waals surface area contributed by atoms with Crippen LogP contribution in [0.3, 0.4) is 0 Å². The second kappa shape index (κ2) is 2.72. The van der Waals surface area contributed by atoms with Crippen LogP contribution in [-0.2, 0) is 4.79 Å². The van der Waals surface area contributed by atoms with E-state index >= 15 is 0 Å². The fourth-order valence-electron chi connectivity index (χ4n) is 2.68. The Morgan fingerprint density at radius 3 is 3.00 bits per heavy atom. The van der Waals surface area contributed by atoms with Crippen molar-refractivity contribution >= 4 is 5.78 Å². The van der Waals surface area contributed by atoms with Gasteiger partial charge in [0.2, 0.25) is 0 Å². The molecule has 1 saturated carbocycles. The summed E-state index contributed by atoms with van der Waals surface area (Å²) >= 11 is 0. The van der Waals surface area contributed by atoms with E-state index in [-0.39, 0.29) is 5.41 Å². The fraction of sp³-hybridized carbons (Fsp3) is 0.727. The highest BCUT2D eigenvalue weighted by molar-refractivity contribution is 5.88. The average Bonchev–Trinajstić information content (AvgIpc) is 2.50. The number of rotatable bonds is 0. The van der Waals surface area contributed by atoms with Gasteiger partial charge in [0.25, 0.3) is 0 Å². The number of carbonyl (C=O) groups excluding carboxylic acids is 1. The van der Waals surface area contributed by atoms with Gasteiger partial charge in [-0.05, 0) is 31.6 Å². The summed E-state index contributed by atoms with van der Waals surface area (Å²) in [5.74, 6) is 1.08. The molecular weight excluding hydrogens is 148 g/mol. The molecular formula is C11H16O. The van der Waals surface area contributed by atoms with Gasteiger partial charge in [0.05, 0.1) is 0 Å². The van der Waals surface area contributed by atoms with Gasteiger partial charge in [-0.15, -0.1) is 0 Å². The summed E-state index contributed by atoms with van der Waals surface area (Å²) in [6.45, 7) is 2.23. The van der Waals surface area contributed by atoms with E-state index in [9.17, 15) is 4.79 Å². The summed E-state index contributed by atoms with van der Waals surface area (Å²) in [6, 6.07) is 0. The lowest BCUT2D eigenvalue weighted by Gasteiger charge is -2.36. The molecule has 2 aliphatic carbocycles. The quantitative estimate of drug-likeness (QED) is 0.503. The summed E-state index contributed by atoms with van der Waals surface area (Å²) in [5.41, 5.74) is -0.0295. The first-order valence-electron chi connectivity index (χ1n) is 4.97. The molecule has 66 valence electrons. The summed E-state index contributed by atoms with van der Waals surface area (Å²) in [4.78, 5) is 11.8. The Labute approximate surface area is 73.8 Å². The third-order valence-electron chi connectivity index (χ3n) is 3.58. The molecule has 0 aromatic heterocycles. The van der Waals surface area contributed by atoms with Crippen LogP contribution in [0.5, 0.6) is 0 Å². The van der Waals surface area contributed by atoms with Crippen LogP contribution in [0.1, 0.15) is 39.0 Å². The Hall–Kier alpha value is -0.590. The van der Waals surface area contributed by atoms with E-state index in [1.165, 1.54) is 6.42 Å². The average molecular weight is 164 g/mol. The smallest absolute Gasteiger partial charge is 0.143 e. The van der Waals surface area contributed by atoms with Gasteiger partial charge in [0.1, 0.15) is 5.78 Å². The van der Waals surface area contributed by atoms with Crippen LogP contribution >= 0.6 is 0 Å². The SMILES string of the molecule is C[C@@H]1CCCC(=O)[C@@]12C=CCC2. The van der Waals surface area contributed by atoms with Crippen LogP contribution in [0.2, 0.25) is 0 Å². The predicted octanol–water partition coefficient (Wildman–Crippen LogP) is 2.71. The Morgan fingerprint density at radius 2 is 2.42 bits per heavy atom. The van der Waals surface area contributed by atoms with Gasteiger partial charge in [-0.3, -0.25) is 4.79 Å². The van der Waals surface area contributed by atoms with Crippen molar-refractivity contribution in [3.8, 4) is 0 Å². The minimum absolute atomic E-state index is 0.0295. The molecule has 0 N–H and O–H groups in total. The van der Waals surface area contributed by atoms with Crippen LogP contribution in [0, 0.1) is 11.3 Å². The van der Waals surface area contributed by atoms with E-state index in [0.29, 0.717) is 11.7 Å². The number of Topliss-reactive ketones (excluding diaryl/α,β-unsaturated/α-hetero) is 1. The van der Waals surface area contributed by atoms with Gasteiger partial charge >= 0.3 is 0 Å². The predicted molar refractivity (Wildman–Crippen MR) is 48.8 cm³/mol. The molecule has 1 fully saturated rings. The molecule has 0 bridgehead atoms. The number of ketones is 1. The first-order valence-corrected chi connectivity index (χ1v) is 4.97. The van der Waals surface area contributed by atoms with Gasteiger partial charge in [-0.2, -0.15) is 0 Å². The molecule has 1 heteroatoms. The number of hydrogen-bond donors (Lipinski definition) is 0. The maximum atomic E-state index is 11.8. The van der Waals surface area contributed by atoms with Gasteiger partial charge in [0, 0.05) is 11.8 Å². The first kappa shape index (κ1) is 8.03. The molecule has 1 spiro atoms. The van der Waals surface area contributed by atoms with Crippen LogP contribution in [-0.4, -0.2) is 5.78 Å². The van der Waals surface area contributed by atoms with Crippen molar-refractivity contribution in [2.45, 2.75) is 39.0 Å². The molecule has 0 aromatic carbocycles. The Balaban J connectivity index is 2.29. The lowest BCUT2D eigenvalue weighted by molar-refractivity contribution is -0.131. The highest BCUT2D eigenvalue weighted by Crippen LogP contribution is 2.46.